The minimum Gasteiger partial charge on any atom is -0.351 e. The Labute approximate surface area is 109 Å². The summed E-state index contributed by atoms with van der Waals surface area (Å²) in [6.45, 7) is 1.94. The van der Waals surface area contributed by atoms with E-state index in [0.717, 1.165) is 31.0 Å². The fraction of sp³-hybridized carbons (Fsp3) is 0.333. The van der Waals surface area contributed by atoms with Crippen molar-refractivity contribution in [2.75, 3.05) is 11.4 Å². The summed E-state index contributed by atoms with van der Waals surface area (Å²) in [5, 5.41) is 2.16. The van der Waals surface area contributed by atoms with Crippen LogP contribution in [0.2, 0.25) is 0 Å². The van der Waals surface area contributed by atoms with Gasteiger partial charge in [-0.25, -0.2) is 4.98 Å². The van der Waals surface area contributed by atoms with E-state index < -0.39 is 0 Å². The van der Waals surface area contributed by atoms with Gasteiger partial charge in [-0.15, -0.1) is 22.9 Å². The molecule has 0 radical (unpaired) electrons. The van der Waals surface area contributed by atoms with Crippen LogP contribution in [0.3, 0.4) is 0 Å². The first-order valence-electron chi connectivity index (χ1n) is 5.54. The minimum absolute atomic E-state index is 0.415. The van der Waals surface area contributed by atoms with Crippen LogP contribution in [0.25, 0.3) is 0 Å². The number of hydrogen-bond donors (Lipinski definition) is 0. The van der Waals surface area contributed by atoms with Gasteiger partial charge in [-0.1, -0.05) is 0 Å². The molecule has 0 aliphatic carbocycles. The van der Waals surface area contributed by atoms with E-state index >= 15 is 0 Å². The summed E-state index contributed by atoms with van der Waals surface area (Å²) >= 11 is 7.63. The number of rotatable bonds is 2. The van der Waals surface area contributed by atoms with E-state index in [1.54, 1.807) is 6.20 Å². The predicted molar refractivity (Wildman–Crippen MR) is 70.7 cm³/mol. The SMILES string of the molecule is ClCc1cncc(N2CCc3sccc3C2)n1. The molecule has 3 rings (SSSR count). The van der Waals surface area contributed by atoms with E-state index in [1.165, 1.54) is 10.4 Å². The van der Waals surface area contributed by atoms with Gasteiger partial charge < -0.3 is 4.90 Å². The Morgan fingerprint density at radius 3 is 3.24 bits per heavy atom. The molecule has 0 unspecified atom stereocenters. The minimum atomic E-state index is 0.415. The highest BCUT2D eigenvalue weighted by molar-refractivity contribution is 7.10. The molecule has 5 heteroatoms. The Bertz CT molecular complexity index is 526. The van der Waals surface area contributed by atoms with E-state index in [1.807, 2.05) is 17.5 Å². The zero-order valence-corrected chi connectivity index (χ0v) is 10.8. The topological polar surface area (TPSA) is 29.0 Å². The Morgan fingerprint density at radius 1 is 1.41 bits per heavy atom. The fourth-order valence-corrected chi connectivity index (χ4v) is 3.07. The van der Waals surface area contributed by atoms with Gasteiger partial charge in [0.05, 0.1) is 17.8 Å². The Hall–Kier alpha value is -1.13. The third-order valence-corrected chi connectivity index (χ3v) is 4.24. The molecule has 0 saturated carbocycles. The number of alkyl halides is 1. The van der Waals surface area contributed by atoms with Crippen molar-refractivity contribution in [3.05, 3.63) is 40.0 Å². The summed E-state index contributed by atoms with van der Waals surface area (Å²) in [4.78, 5) is 12.5. The summed E-state index contributed by atoms with van der Waals surface area (Å²) in [7, 11) is 0. The predicted octanol–water partition coefficient (Wildman–Crippen LogP) is 2.84. The summed E-state index contributed by atoms with van der Waals surface area (Å²) in [6.07, 6.45) is 4.63. The van der Waals surface area contributed by atoms with E-state index in [9.17, 15) is 0 Å². The molecule has 0 aromatic carbocycles. The van der Waals surface area contributed by atoms with Crippen molar-refractivity contribution >= 4 is 28.8 Å². The van der Waals surface area contributed by atoms with Crippen LogP contribution >= 0.6 is 22.9 Å². The Kier molecular flexibility index (Phi) is 2.99. The standard InChI is InChI=1S/C12H12ClN3S/c13-5-10-6-14-7-12(15-10)16-3-1-11-9(8-16)2-4-17-11/h2,4,6-7H,1,3,5,8H2. The van der Waals surface area contributed by atoms with Crippen molar-refractivity contribution in [3.8, 4) is 0 Å². The molecule has 1 aliphatic heterocycles. The molecule has 3 nitrogen and oxygen atoms in total. The third-order valence-electron chi connectivity index (χ3n) is 2.94. The number of fused-ring (bicyclic) bond motifs is 1. The van der Waals surface area contributed by atoms with Gasteiger partial charge in [0.15, 0.2) is 0 Å². The molecule has 0 saturated heterocycles. The molecule has 3 heterocycles. The Balaban J connectivity index is 1.86. The van der Waals surface area contributed by atoms with Crippen molar-refractivity contribution < 1.29 is 0 Å². The van der Waals surface area contributed by atoms with Crippen molar-refractivity contribution in [2.45, 2.75) is 18.8 Å². The van der Waals surface area contributed by atoms with Crippen molar-refractivity contribution in [3.63, 3.8) is 0 Å². The molecule has 0 N–H and O–H groups in total. The van der Waals surface area contributed by atoms with Gasteiger partial charge in [-0.2, -0.15) is 0 Å². The maximum atomic E-state index is 5.78. The van der Waals surface area contributed by atoms with Gasteiger partial charge in [0.1, 0.15) is 5.82 Å². The quantitative estimate of drug-likeness (QED) is 0.782. The Morgan fingerprint density at radius 2 is 2.35 bits per heavy atom. The monoisotopic (exact) mass is 265 g/mol. The molecule has 17 heavy (non-hydrogen) atoms. The van der Waals surface area contributed by atoms with Gasteiger partial charge in [0, 0.05) is 24.2 Å². The maximum absolute atomic E-state index is 5.78. The second-order valence-corrected chi connectivity index (χ2v) is 5.31. The summed E-state index contributed by atoms with van der Waals surface area (Å²) in [5.74, 6) is 1.35. The highest BCUT2D eigenvalue weighted by Gasteiger charge is 2.18. The fourth-order valence-electron chi connectivity index (χ4n) is 2.06. The molecular formula is C12H12ClN3S. The number of anilines is 1. The van der Waals surface area contributed by atoms with E-state index in [2.05, 4.69) is 26.3 Å². The lowest BCUT2D eigenvalue weighted by atomic mass is 10.1. The molecule has 0 spiro atoms. The molecule has 0 bridgehead atoms. The smallest absolute Gasteiger partial charge is 0.147 e. The molecule has 0 amide bonds. The summed E-state index contributed by atoms with van der Waals surface area (Å²) in [6, 6.07) is 2.20. The molecule has 0 fully saturated rings. The largest absolute Gasteiger partial charge is 0.351 e. The normalized spacial score (nSPS) is 14.8. The van der Waals surface area contributed by atoms with Crippen LogP contribution in [0.4, 0.5) is 5.82 Å². The molecule has 2 aromatic heterocycles. The highest BCUT2D eigenvalue weighted by atomic mass is 35.5. The van der Waals surface area contributed by atoms with Crippen LogP contribution in [-0.2, 0) is 18.8 Å². The summed E-state index contributed by atoms with van der Waals surface area (Å²) in [5.41, 5.74) is 2.25. The number of aromatic nitrogens is 2. The van der Waals surface area contributed by atoms with E-state index in [4.69, 9.17) is 11.6 Å². The van der Waals surface area contributed by atoms with Crippen LogP contribution in [0.5, 0.6) is 0 Å². The average molecular weight is 266 g/mol. The molecule has 2 aromatic rings. The van der Waals surface area contributed by atoms with Gasteiger partial charge in [-0.3, -0.25) is 4.98 Å². The average Bonchev–Trinajstić information content (AvgIpc) is 2.86. The highest BCUT2D eigenvalue weighted by Crippen LogP contribution is 2.26. The lowest BCUT2D eigenvalue weighted by Gasteiger charge is -2.27. The van der Waals surface area contributed by atoms with Crippen LogP contribution in [0.15, 0.2) is 23.8 Å². The van der Waals surface area contributed by atoms with E-state index in [0.29, 0.717) is 5.88 Å². The first-order chi connectivity index (χ1) is 8.36. The van der Waals surface area contributed by atoms with Crippen molar-refractivity contribution in [1.29, 1.82) is 0 Å². The lowest BCUT2D eigenvalue weighted by Crippen LogP contribution is -2.30. The molecule has 1 aliphatic rings. The molecule has 0 atom stereocenters. The lowest BCUT2D eigenvalue weighted by molar-refractivity contribution is 0.727. The van der Waals surface area contributed by atoms with Gasteiger partial charge in [-0.05, 0) is 23.4 Å². The number of nitrogens with zero attached hydrogens (tertiary/aromatic N) is 3. The van der Waals surface area contributed by atoms with E-state index in [-0.39, 0.29) is 0 Å². The van der Waals surface area contributed by atoms with Gasteiger partial charge in [0.2, 0.25) is 0 Å². The number of halogens is 1. The van der Waals surface area contributed by atoms with Crippen LogP contribution < -0.4 is 4.90 Å². The van der Waals surface area contributed by atoms with Crippen LogP contribution in [0, 0.1) is 0 Å². The zero-order chi connectivity index (χ0) is 11.7. The number of hydrogen-bond acceptors (Lipinski definition) is 4. The second-order valence-electron chi connectivity index (χ2n) is 4.04. The third kappa shape index (κ3) is 2.15. The first-order valence-corrected chi connectivity index (χ1v) is 6.95. The first kappa shape index (κ1) is 11.0. The van der Waals surface area contributed by atoms with Crippen molar-refractivity contribution in [2.24, 2.45) is 0 Å². The number of thiophene rings is 1. The summed E-state index contributed by atoms with van der Waals surface area (Å²) < 4.78 is 0. The molecular weight excluding hydrogens is 254 g/mol. The van der Waals surface area contributed by atoms with Gasteiger partial charge >= 0.3 is 0 Å². The van der Waals surface area contributed by atoms with Crippen LogP contribution in [-0.4, -0.2) is 16.5 Å². The van der Waals surface area contributed by atoms with Gasteiger partial charge in [0.25, 0.3) is 0 Å². The molecule has 88 valence electrons. The van der Waals surface area contributed by atoms with Crippen molar-refractivity contribution in [1.82, 2.24) is 9.97 Å². The second kappa shape index (κ2) is 4.63. The zero-order valence-electron chi connectivity index (χ0n) is 9.27. The van der Waals surface area contributed by atoms with Crippen LogP contribution in [0.1, 0.15) is 16.1 Å². The maximum Gasteiger partial charge on any atom is 0.147 e.